The second-order valence-electron chi connectivity index (χ2n) is 6.01. The Kier molecular flexibility index (Phi) is 4.49. The molecule has 6 heteroatoms. The smallest absolute Gasteiger partial charge is 0.263 e. The maximum atomic E-state index is 12.9. The van der Waals surface area contributed by atoms with Gasteiger partial charge in [0.15, 0.2) is 0 Å². The minimum absolute atomic E-state index is 0.0688. The number of aliphatic hydroxyl groups excluding tert-OH is 1. The first-order valence-corrected chi connectivity index (χ1v) is 8.90. The van der Waals surface area contributed by atoms with Gasteiger partial charge in [0.25, 0.3) is 5.56 Å². The van der Waals surface area contributed by atoms with Crippen molar-refractivity contribution in [3.63, 3.8) is 0 Å². The molecular weight excluding hydrogens is 298 g/mol. The molecule has 2 aromatic rings. The standard InChI is InChI=1S/C16H23N3O2S/c1-3-8-19-15(21)13-11-6-4-5-7-12(11)22-14(13)18-16(19)17-9-10(2)20/h10,20H,3-9H2,1-2H3,(H,17,18). The van der Waals surface area contributed by atoms with E-state index in [0.717, 1.165) is 35.9 Å². The van der Waals surface area contributed by atoms with E-state index in [1.165, 1.54) is 16.9 Å². The minimum Gasteiger partial charge on any atom is -0.392 e. The van der Waals surface area contributed by atoms with Gasteiger partial charge in [-0.15, -0.1) is 11.3 Å². The third-order valence-corrected chi connectivity index (χ3v) is 5.26. The molecule has 0 amide bonds. The fourth-order valence-corrected chi connectivity index (χ4v) is 4.30. The largest absolute Gasteiger partial charge is 0.392 e. The first-order chi connectivity index (χ1) is 10.6. The maximum Gasteiger partial charge on any atom is 0.263 e. The molecule has 0 bridgehead atoms. The van der Waals surface area contributed by atoms with Gasteiger partial charge >= 0.3 is 0 Å². The molecule has 0 fully saturated rings. The number of aromatic nitrogens is 2. The Morgan fingerprint density at radius 2 is 2.18 bits per heavy atom. The van der Waals surface area contributed by atoms with Crippen LogP contribution in [0.3, 0.4) is 0 Å². The van der Waals surface area contributed by atoms with Crippen LogP contribution >= 0.6 is 11.3 Å². The average Bonchev–Trinajstić information content (AvgIpc) is 2.86. The topological polar surface area (TPSA) is 67.2 Å². The molecule has 0 spiro atoms. The Bertz CT molecular complexity index is 733. The number of thiophene rings is 1. The summed E-state index contributed by atoms with van der Waals surface area (Å²) in [4.78, 5) is 19.8. The van der Waals surface area contributed by atoms with Crippen LogP contribution in [0.4, 0.5) is 5.95 Å². The zero-order valence-electron chi connectivity index (χ0n) is 13.2. The lowest BCUT2D eigenvalue weighted by Crippen LogP contribution is -2.27. The average molecular weight is 321 g/mol. The number of aryl methyl sites for hydroxylation is 2. The van der Waals surface area contributed by atoms with E-state index in [4.69, 9.17) is 4.98 Å². The van der Waals surface area contributed by atoms with E-state index in [0.29, 0.717) is 19.0 Å². The van der Waals surface area contributed by atoms with Crippen LogP contribution in [-0.2, 0) is 19.4 Å². The highest BCUT2D eigenvalue weighted by atomic mass is 32.1. The number of fused-ring (bicyclic) bond motifs is 3. The minimum atomic E-state index is -0.473. The molecule has 5 nitrogen and oxygen atoms in total. The second kappa shape index (κ2) is 6.38. The van der Waals surface area contributed by atoms with Crippen molar-refractivity contribution in [1.82, 2.24) is 9.55 Å². The third kappa shape index (κ3) is 2.77. The predicted molar refractivity (Wildman–Crippen MR) is 91.0 cm³/mol. The Hall–Kier alpha value is -1.40. The molecule has 1 unspecified atom stereocenters. The maximum absolute atomic E-state index is 12.9. The van der Waals surface area contributed by atoms with Crippen molar-refractivity contribution in [2.75, 3.05) is 11.9 Å². The van der Waals surface area contributed by atoms with Crippen molar-refractivity contribution in [3.8, 4) is 0 Å². The summed E-state index contributed by atoms with van der Waals surface area (Å²) in [6.07, 6.45) is 4.84. The van der Waals surface area contributed by atoms with E-state index >= 15 is 0 Å². The van der Waals surface area contributed by atoms with Crippen molar-refractivity contribution in [2.24, 2.45) is 0 Å². The number of nitrogens with one attached hydrogen (secondary N) is 1. The van der Waals surface area contributed by atoms with Gasteiger partial charge in [0.05, 0.1) is 11.5 Å². The van der Waals surface area contributed by atoms with Gasteiger partial charge in [-0.1, -0.05) is 6.92 Å². The van der Waals surface area contributed by atoms with Gasteiger partial charge in [-0.2, -0.15) is 0 Å². The monoisotopic (exact) mass is 321 g/mol. The molecule has 3 rings (SSSR count). The molecule has 2 heterocycles. The van der Waals surface area contributed by atoms with Crippen LogP contribution in [0.1, 0.15) is 43.6 Å². The number of hydrogen-bond acceptors (Lipinski definition) is 5. The molecule has 0 radical (unpaired) electrons. The third-order valence-electron chi connectivity index (χ3n) is 4.08. The number of rotatable bonds is 5. The first-order valence-electron chi connectivity index (χ1n) is 8.08. The molecule has 1 aliphatic rings. The molecule has 2 aromatic heterocycles. The number of hydrogen-bond donors (Lipinski definition) is 2. The van der Waals surface area contributed by atoms with Gasteiger partial charge in [0.2, 0.25) is 5.95 Å². The van der Waals surface area contributed by atoms with Crippen LogP contribution in [0.25, 0.3) is 10.2 Å². The van der Waals surface area contributed by atoms with E-state index in [1.54, 1.807) is 22.8 Å². The summed E-state index contributed by atoms with van der Waals surface area (Å²) in [5, 5.41) is 13.4. The summed E-state index contributed by atoms with van der Waals surface area (Å²) < 4.78 is 1.73. The molecule has 0 aliphatic heterocycles. The molecule has 0 saturated heterocycles. The highest BCUT2D eigenvalue weighted by molar-refractivity contribution is 7.18. The molecular formula is C16H23N3O2S. The van der Waals surface area contributed by atoms with Crippen LogP contribution in [0.15, 0.2) is 4.79 Å². The summed E-state index contributed by atoms with van der Waals surface area (Å²) in [5.41, 5.74) is 1.30. The Morgan fingerprint density at radius 3 is 2.91 bits per heavy atom. The molecule has 22 heavy (non-hydrogen) atoms. The molecule has 1 aliphatic carbocycles. The van der Waals surface area contributed by atoms with E-state index in [-0.39, 0.29) is 5.56 Å². The molecule has 120 valence electrons. The molecule has 0 aromatic carbocycles. The van der Waals surface area contributed by atoms with Crippen LogP contribution < -0.4 is 10.9 Å². The van der Waals surface area contributed by atoms with Crippen molar-refractivity contribution in [3.05, 3.63) is 20.8 Å². The first kappa shape index (κ1) is 15.5. The summed E-state index contributed by atoms with van der Waals surface area (Å²) in [6.45, 7) is 4.82. The SMILES string of the molecule is CCCn1c(NCC(C)O)nc2sc3c(c2c1=O)CCCC3. The molecule has 2 N–H and O–H groups in total. The predicted octanol–water partition coefficient (Wildman–Crippen LogP) is 2.54. The van der Waals surface area contributed by atoms with E-state index < -0.39 is 6.10 Å². The Balaban J connectivity index is 2.14. The Labute approximate surface area is 134 Å². The van der Waals surface area contributed by atoms with Crippen molar-refractivity contribution in [2.45, 2.75) is 58.6 Å². The number of anilines is 1. The van der Waals surface area contributed by atoms with Gasteiger partial charge in [0, 0.05) is 18.0 Å². The van der Waals surface area contributed by atoms with Gasteiger partial charge in [0.1, 0.15) is 4.83 Å². The van der Waals surface area contributed by atoms with Crippen molar-refractivity contribution in [1.29, 1.82) is 0 Å². The van der Waals surface area contributed by atoms with Crippen LogP contribution in [0.2, 0.25) is 0 Å². The van der Waals surface area contributed by atoms with Gasteiger partial charge < -0.3 is 10.4 Å². The van der Waals surface area contributed by atoms with Crippen molar-refractivity contribution < 1.29 is 5.11 Å². The lowest BCUT2D eigenvalue weighted by molar-refractivity contribution is 0.208. The second-order valence-corrected chi connectivity index (χ2v) is 7.10. The van der Waals surface area contributed by atoms with Gasteiger partial charge in [-0.05, 0) is 44.6 Å². The highest BCUT2D eigenvalue weighted by Crippen LogP contribution is 2.34. The normalized spacial score (nSPS) is 15.8. The highest BCUT2D eigenvalue weighted by Gasteiger charge is 2.21. The summed E-state index contributed by atoms with van der Waals surface area (Å²) in [7, 11) is 0. The van der Waals surface area contributed by atoms with E-state index in [9.17, 15) is 9.90 Å². The lowest BCUT2D eigenvalue weighted by Gasteiger charge is -2.15. The zero-order valence-corrected chi connectivity index (χ0v) is 14.0. The van der Waals surface area contributed by atoms with Crippen LogP contribution in [-0.4, -0.2) is 27.3 Å². The molecule has 1 atom stereocenters. The van der Waals surface area contributed by atoms with Crippen molar-refractivity contribution >= 4 is 27.5 Å². The van der Waals surface area contributed by atoms with E-state index in [2.05, 4.69) is 12.2 Å². The Morgan fingerprint density at radius 1 is 1.41 bits per heavy atom. The fraction of sp³-hybridized carbons (Fsp3) is 0.625. The quantitative estimate of drug-likeness (QED) is 0.888. The van der Waals surface area contributed by atoms with Crippen LogP contribution in [0, 0.1) is 0 Å². The van der Waals surface area contributed by atoms with Gasteiger partial charge in [-0.25, -0.2) is 4.98 Å². The van der Waals surface area contributed by atoms with Crippen LogP contribution in [0.5, 0.6) is 0 Å². The summed E-state index contributed by atoms with van der Waals surface area (Å²) >= 11 is 1.66. The van der Waals surface area contributed by atoms with Gasteiger partial charge in [-0.3, -0.25) is 9.36 Å². The number of aliphatic hydroxyl groups is 1. The fourth-order valence-electron chi connectivity index (χ4n) is 3.04. The van der Waals surface area contributed by atoms with E-state index in [1.807, 2.05) is 0 Å². The lowest BCUT2D eigenvalue weighted by atomic mass is 9.97. The summed E-state index contributed by atoms with van der Waals surface area (Å²) in [5.74, 6) is 0.582. The zero-order chi connectivity index (χ0) is 15.7. The molecule has 0 saturated carbocycles. The number of nitrogens with zero attached hydrogens (tertiary/aromatic N) is 2. The summed E-state index contributed by atoms with van der Waals surface area (Å²) in [6, 6.07) is 0.